The molecule has 0 radical (unpaired) electrons. The predicted molar refractivity (Wildman–Crippen MR) is 48.9 cm³/mol. The number of aliphatic carboxylic acids is 1. The molecule has 2 N–H and O–H groups in total. The molecule has 0 atom stereocenters. The topological polar surface area (TPSA) is 66.8 Å². The molecule has 1 heterocycles. The van der Waals surface area contributed by atoms with Gasteiger partial charge in [0.1, 0.15) is 11.0 Å². The van der Waals surface area contributed by atoms with Gasteiger partial charge >= 0.3 is 5.97 Å². The van der Waals surface area contributed by atoms with Gasteiger partial charge in [-0.1, -0.05) is 19.3 Å². The molecule has 0 bridgehead atoms. The van der Waals surface area contributed by atoms with Gasteiger partial charge < -0.3 is 14.9 Å². The Hall–Kier alpha value is -0.610. The van der Waals surface area contributed by atoms with Gasteiger partial charge in [-0.3, -0.25) is 4.79 Å². The normalized spacial score (nSPS) is 29.2. The van der Waals surface area contributed by atoms with Crippen molar-refractivity contribution in [3.8, 4) is 0 Å². The second-order valence-electron chi connectivity index (χ2n) is 4.47. The number of carboxylic acid groups (broad SMARTS) is 1. The van der Waals surface area contributed by atoms with Gasteiger partial charge in [-0.25, -0.2) is 0 Å². The molecule has 0 unspecified atom stereocenters. The zero-order valence-electron chi connectivity index (χ0n) is 8.16. The van der Waals surface area contributed by atoms with Crippen molar-refractivity contribution in [2.45, 2.75) is 37.7 Å². The molecule has 1 saturated carbocycles. The van der Waals surface area contributed by atoms with Gasteiger partial charge in [0.15, 0.2) is 0 Å². The second-order valence-corrected chi connectivity index (χ2v) is 4.47. The molecule has 0 amide bonds. The minimum absolute atomic E-state index is 0.180. The summed E-state index contributed by atoms with van der Waals surface area (Å²) in [6.45, 7) is 0.360. The number of ether oxygens (including phenoxy) is 1. The highest BCUT2D eigenvalue weighted by Crippen LogP contribution is 2.48. The van der Waals surface area contributed by atoms with Crippen molar-refractivity contribution in [1.82, 2.24) is 0 Å². The zero-order valence-corrected chi connectivity index (χ0v) is 8.16. The van der Waals surface area contributed by atoms with E-state index >= 15 is 0 Å². The molecular weight excluding hydrogens is 184 g/mol. The third kappa shape index (κ3) is 1.17. The van der Waals surface area contributed by atoms with E-state index in [0.717, 1.165) is 19.3 Å². The van der Waals surface area contributed by atoms with Crippen LogP contribution in [-0.4, -0.2) is 35.0 Å². The molecule has 0 aromatic carbocycles. The van der Waals surface area contributed by atoms with E-state index in [4.69, 9.17) is 4.74 Å². The minimum Gasteiger partial charge on any atom is -0.481 e. The van der Waals surface area contributed by atoms with E-state index in [-0.39, 0.29) is 13.2 Å². The van der Waals surface area contributed by atoms with Crippen molar-refractivity contribution in [3.05, 3.63) is 0 Å². The summed E-state index contributed by atoms with van der Waals surface area (Å²) in [6.07, 6.45) is 4.04. The molecule has 4 heteroatoms. The van der Waals surface area contributed by atoms with Crippen LogP contribution >= 0.6 is 0 Å². The van der Waals surface area contributed by atoms with Crippen LogP contribution < -0.4 is 0 Å². The van der Waals surface area contributed by atoms with Gasteiger partial charge in [-0.2, -0.15) is 0 Å². The lowest BCUT2D eigenvalue weighted by Gasteiger charge is -2.50. The van der Waals surface area contributed by atoms with Crippen LogP contribution in [0.4, 0.5) is 0 Å². The molecule has 14 heavy (non-hydrogen) atoms. The molecule has 2 aliphatic rings. The zero-order chi connectivity index (χ0) is 10.2. The number of hydrogen-bond donors (Lipinski definition) is 2. The Kier molecular flexibility index (Phi) is 2.27. The molecular formula is C10H16O4. The third-order valence-corrected chi connectivity index (χ3v) is 3.69. The van der Waals surface area contributed by atoms with E-state index in [2.05, 4.69) is 0 Å². The monoisotopic (exact) mass is 200 g/mol. The summed E-state index contributed by atoms with van der Waals surface area (Å²) in [7, 11) is 0. The van der Waals surface area contributed by atoms with E-state index in [0.29, 0.717) is 12.8 Å². The predicted octanol–water partition coefficient (Wildman–Crippen LogP) is 0.783. The van der Waals surface area contributed by atoms with Crippen LogP contribution in [0.5, 0.6) is 0 Å². The van der Waals surface area contributed by atoms with Crippen LogP contribution in [0.3, 0.4) is 0 Å². The molecule has 80 valence electrons. The average Bonchev–Trinajstić information content (AvgIpc) is 2.15. The quantitative estimate of drug-likeness (QED) is 0.691. The largest absolute Gasteiger partial charge is 0.481 e. The fraction of sp³-hybridized carbons (Fsp3) is 0.900. The van der Waals surface area contributed by atoms with Gasteiger partial charge in [0.25, 0.3) is 0 Å². The lowest BCUT2D eigenvalue weighted by molar-refractivity contribution is -0.251. The summed E-state index contributed by atoms with van der Waals surface area (Å²) < 4.78 is 4.95. The molecule has 0 spiro atoms. The first-order valence-corrected chi connectivity index (χ1v) is 5.14. The van der Waals surface area contributed by atoms with E-state index in [9.17, 15) is 15.0 Å². The van der Waals surface area contributed by atoms with E-state index < -0.39 is 17.0 Å². The van der Waals surface area contributed by atoms with E-state index in [1.807, 2.05) is 0 Å². The number of carboxylic acids is 1. The number of hydrogen-bond acceptors (Lipinski definition) is 3. The lowest BCUT2D eigenvalue weighted by atomic mass is 9.62. The van der Waals surface area contributed by atoms with Crippen molar-refractivity contribution in [2.75, 3.05) is 13.2 Å². The smallest absolute Gasteiger partial charge is 0.312 e. The first-order valence-electron chi connectivity index (χ1n) is 5.14. The summed E-state index contributed by atoms with van der Waals surface area (Å²) in [4.78, 5) is 11.3. The maximum absolute atomic E-state index is 11.3. The minimum atomic E-state index is -1.11. The summed E-state index contributed by atoms with van der Waals surface area (Å²) in [5.41, 5.74) is -2.05. The van der Waals surface area contributed by atoms with Crippen molar-refractivity contribution < 1.29 is 19.7 Å². The maximum atomic E-state index is 11.3. The summed E-state index contributed by atoms with van der Waals surface area (Å²) >= 11 is 0. The average molecular weight is 200 g/mol. The van der Waals surface area contributed by atoms with Gasteiger partial charge in [0.05, 0.1) is 13.2 Å². The molecule has 2 rings (SSSR count). The molecule has 2 fully saturated rings. The Morgan fingerprint density at radius 3 is 2.07 bits per heavy atom. The van der Waals surface area contributed by atoms with Crippen LogP contribution in [0.2, 0.25) is 0 Å². The lowest BCUT2D eigenvalue weighted by Crippen LogP contribution is -2.65. The van der Waals surface area contributed by atoms with Gasteiger partial charge in [0, 0.05) is 0 Å². The highest BCUT2D eigenvalue weighted by atomic mass is 16.5. The maximum Gasteiger partial charge on any atom is 0.312 e. The van der Waals surface area contributed by atoms with E-state index in [1.54, 1.807) is 0 Å². The van der Waals surface area contributed by atoms with Gasteiger partial charge in [-0.15, -0.1) is 0 Å². The molecule has 0 aromatic heterocycles. The molecule has 1 saturated heterocycles. The summed E-state index contributed by atoms with van der Waals surface area (Å²) in [5.74, 6) is -0.858. The first-order chi connectivity index (χ1) is 6.61. The molecule has 4 nitrogen and oxygen atoms in total. The second kappa shape index (κ2) is 3.21. The molecule has 1 aliphatic carbocycles. The Balaban J connectivity index is 2.24. The Labute approximate surface area is 82.9 Å². The Morgan fingerprint density at radius 1 is 1.14 bits per heavy atom. The number of carbonyl (C=O) groups is 1. The fourth-order valence-electron chi connectivity index (χ4n) is 2.61. The van der Waals surface area contributed by atoms with Crippen LogP contribution in [-0.2, 0) is 9.53 Å². The van der Waals surface area contributed by atoms with Crippen LogP contribution in [0, 0.1) is 5.41 Å². The fourth-order valence-corrected chi connectivity index (χ4v) is 2.61. The summed E-state index contributed by atoms with van der Waals surface area (Å²) in [5, 5.41) is 19.4. The number of rotatable bonds is 2. The van der Waals surface area contributed by atoms with Crippen molar-refractivity contribution >= 4 is 5.97 Å². The first kappa shape index (κ1) is 9.93. The Bertz CT molecular complexity index is 239. The van der Waals surface area contributed by atoms with Gasteiger partial charge in [-0.05, 0) is 12.8 Å². The Morgan fingerprint density at radius 2 is 1.71 bits per heavy atom. The standard InChI is InChI=1S/C10H16O4/c11-8(12)9(4-2-1-3-5-9)10(13)6-14-7-10/h13H,1-7H2,(H,11,12). The van der Waals surface area contributed by atoms with Crippen LogP contribution in [0.25, 0.3) is 0 Å². The van der Waals surface area contributed by atoms with Crippen molar-refractivity contribution in [3.63, 3.8) is 0 Å². The van der Waals surface area contributed by atoms with Crippen molar-refractivity contribution in [2.24, 2.45) is 5.41 Å². The molecule has 1 aliphatic heterocycles. The van der Waals surface area contributed by atoms with Crippen molar-refractivity contribution in [1.29, 1.82) is 0 Å². The third-order valence-electron chi connectivity index (χ3n) is 3.69. The summed E-state index contributed by atoms with van der Waals surface area (Å²) in [6, 6.07) is 0. The SMILES string of the molecule is O=C(O)C1(C2(O)COC2)CCCCC1. The highest BCUT2D eigenvalue weighted by Gasteiger charge is 2.60. The van der Waals surface area contributed by atoms with Crippen LogP contribution in [0.1, 0.15) is 32.1 Å². The van der Waals surface area contributed by atoms with Crippen LogP contribution in [0.15, 0.2) is 0 Å². The van der Waals surface area contributed by atoms with E-state index in [1.165, 1.54) is 0 Å². The van der Waals surface area contributed by atoms with Gasteiger partial charge in [0.2, 0.25) is 0 Å². The highest BCUT2D eigenvalue weighted by molar-refractivity contribution is 5.76. The molecule has 0 aromatic rings. The number of aliphatic hydroxyl groups is 1.